The molecule has 6 rings (SSSR count). The molecule has 3 aromatic heterocycles. The Bertz CT molecular complexity index is 1330. The number of anilines is 1. The van der Waals surface area contributed by atoms with Gasteiger partial charge in [-0.05, 0) is 61.0 Å². The van der Waals surface area contributed by atoms with E-state index >= 15 is 0 Å². The fourth-order valence-corrected chi connectivity index (χ4v) is 5.35. The van der Waals surface area contributed by atoms with Crippen molar-refractivity contribution in [3.05, 3.63) is 70.2 Å². The minimum atomic E-state index is -0.237. The number of hydrogen-bond acceptors (Lipinski definition) is 5. The Kier molecular flexibility index (Phi) is 4.07. The largest absolute Gasteiger partial charge is 0.453 e. The average Bonchev–Trinajstić information content (AvgIpc) is 3.45. The maximum Gasteiger partial charge on any atom is 0.166 e. The third kappa shape index (κ3) is 2.88. The Morgan fingerprint density at radius 1 is 1.17 bits per heavy atom. The fourth-order valence-electron chi connectivity index (χ4n) is 4.33. The van der Waals surface area contributed by atoms with Gasteiger partial charge in [-0.3, -0.25) is 9.89 Å². The molecule has 0 saturated heterocycles. The summed E-state index contributed by atoms with van der Waals surface area (Å²) in [6.07, 6.45) is 4.07. The highest BCUT2D eigenvalue weighted by Gasteiger charge is 2.37. The van der Waals surface area contributed by atoms with Gasteiger partial charge in [0, 0.05) is 39.2 Å². The monoisotopic (exact) mass is 436 g/mol. The van der Waals surface area contributed by atoms with E-state index in [1.165, 1.54) is 11.8 Å². The van der Waals surface area contributed by atoms with E-state index in [-0.39, 0.29) is 11.7 Å². The quantitative estimate of drug-likeness (QED) is 0.375. The Morgan fingerprint density at radius 3 is 3.03 bits per heavy atom. The minimum absolute atomic E-state index is 0.179. The van der Waals surface area contributed by atoms with E-state index in [2.05, 4.69) is 26.6 Å². The zero-order valence-corrected chi connectivity index (χ0v) is 17.4. The van der Waals surface area contributed by atoms with Crippen LogP contribution in [0, 0.1) is 0 Å². The number of fused-ring (bicyclic) bond motifs is 2. The van der Waals surface area contributed by atoms with Crippen molar-refractivity contribution in [1.29, 1.82) is 0 Å². The first-order valence-electron chi connectivity index (χ1n) is 9.78. The van der Waals surface area contributed by atoms with Crippen LogP contribution in [0.2, 0.25) is 5.02 Å². The number of carbonyl (C=O) groups is 1. The number of carbonyl (C=O) groups excluding carboxylic acids is 1. The lowest BCUT2D eigenvalue weighted by Crippen LogP contribution is -2.26. The number of H-pyrrole nitrogens is 2. The molecule has 1 unspecified atom stereocenters. The number of halogens is 1. The smallest absolute Gasteiger partial charge is 0.166 e. The van der Waals surface area contributed by atoms with Gasteiger partial charge in [0.1, 0.15) is 11.6 Å². The molecule has 4 heterocycles. The van der Waals surface area contributed by atoms with Crippen molar-refractivity contribution in [3.8, 4) is 0 Å². The second-order valence-corrected chi connectivity index (χ2v) is 9.03. The van der Waals surface area contributed by atoms with E-state index in [1.807, 2.05) is 30.3 Å². The number of nitrogens with one attached hydrogen (secondary N) is 3. The second kappa shape index (κ2) is 6.82. The van der Waals surface area contributed by atoms with E-state index < -0.39 is 0 Å². The van der Waals surface area contributed by atoms with Gasteiger partial charge in [0.15, 0.2) is 10.9 Å². The number of Topliss-reactive ketones (excluding diaryl/α,β-unsaturated/α-hetero) is 1. The lowest BCUT2D eigenvalue weighted by molar-refractivity contribution is -0.116. The Labute approximate surface area is 181 Å². The molecular formula is C22H17ClN4O2S. The molecule has 0 radical (unpaired) electrons. The summed E-state index contributed by atoms with van der Waals surface area (Å²) in [5, 5.41) is 14.0. The van der Waals surface area contributed by atoms with E-state index in [4.69, 9.17) is 16.0 Å². The minimum Gasteiger partial charge on any atom is -0.453 e. The van der Waals surface area contributed by atoms with Crippen LogP contribution in [-0.2, 0) is 4.79 Å². The van der Waals surface area contributed by atoms with Crippen molar-refractivity contribution in [1.82, 2.24) is 15.2 Å². The van der Waals surface area contributed by atoms with E-state index in [0.29, 0.717) is 11.4 Å². The van der Waals surface area contributed by atoms with Gasteiger partial charge < -0.3 is 14.7 Å². The lowest BCUT2D eigenvalue weighted by Gasteiger charge is -2.30. The van der Waals surface area contributed by atoms with Crippen molar-refractivity contribution >= 4 is 45.9 Å². The number of aromatic nitrogens is 3. The summed E-state index contributed by atoms with van der Waals surface area (Å²) in [5.41, 5.74) is 3.75. The molecule has 6 nitrogen and oxygen atoms in total. The topological polar surface area (TPSA) is 86.7 Å². The maximum atomic E-state index is 12.8. The van der Waals surface area contributed by atoms with E-state index in [0.717, 1.165) is 62.3 Å². The maximum absolute atomic E-state index is 12.8. The second-order valence-electron chi connectivity index (χ2n) is 7.55. The predicted molar refractivity (Wildman–Crippen MR) is 116 cm³/mol. The van der Waals surface area contributed by atoms with Crippen molar-refractivity contribution in [2.24, 2.45) is 0 Å². The summed E-state index contributed by atoms with van der Waals surface area (Å²) in [5.74, 6) is 1.53. The van der Waals surface area contributed by atoms with Crippen LogP contribution < -0.4 is 5.32 Å². The highest BCUT2D eigenvalue weighted by molar-refractivity contribution is 7.99. The first kappa shape index (κ1) is 17.9. The normalized spacial score (nSPS) is 18.4. The molecule has 3 N–H and O–H groups in total. The highest BCUT2D eigenvalue weighted by Crippen LogP contribution is 2.45. The molecule has 0 fully saturated rings. The molecule has 1 aliphatic carbocycles. The van der Waals surface area contributed by atoms with E-state index in [1.54, 1.807) is 6.20 Å². The third-order valence-electron chi connectivity index (χ3n) is 5.66. The first-order valence-corrected chi connectivity index (χ1v) is 11.0. The zero-order valence-electron chi connectivity index (χ0n) is 15.8. The predicted octanol–water partition coefficient (Wildman–Crippen LogP) is 5.85. The Hall–Kier alpha value is -2.90. The van der Waals surface area contributed by atoms with Gasteiger partial charge in [0.2, 0.25) is 0 Å². The van der Waals surface area contributed by atoms with Gasteiger partial charge >= 0.3 is 0 Å². The van der Waals surface area contributed by atoms with Gasteiger partial charge in [-0.15, -0.1) is 0 Å². The molecular weight excluding hydrogens is 420 g/mol. The van der Waals surface area contributed by atoms with Gasteiger partial charge in [-0.2, -0.15) is 5.10 Å². The summed E-state index contributed by atoms with van der Waals surface area (Å²) in [6.45, 7) is 0. The van der Waals surface area contributed by atoms with Crippen LogP contribution in [0.15, 0.2) is 68.4 Å². The van der Waals surface area contributed by atoms with Crippen molar-refractivity contribution in [2.45, 2.75) is 35.3 Å². The van der Waals surface area contributed by atoms with Crippen LogP contribution in [0.3, 0.4) is 0 Å². The van der Waals surface area contributed by atoms with Crippen molar-refractivity contribution in [2.75, 3.05) is 5.32 Å². The standard InChI is InChI=1S/C22H17ClN4O2S/c23-12-4-5-14-11(8-12)9-18(25-14)30-19-7-6-17(29-19)20-13-10-24-27-22(13)26-15-2-1-3-16(28)21(15)20/h4-10,20,25H,1-3H2,(H2,24,26,27). The Balaban J connectivity index is 1.36. The fraction of sp³-hybridized carbons (Fsp3) is 0.182. The Morgan fingerprint density at radius 2 is 2.10 bits per heavy atom. The number of allylic oxidation sites excluding steroid dienone is 2. The van der Waals surface area contributed by atoms with Crippen LogP contribution in [-0.4, -0.2) is 21.0 Å². The molecule has 0 saturated carbocycles. The zero-order chi connectivity index (χ0) is 20.2. The summed E-state index contributed by atoms with van der Waals surface area (Å²) < 4.78 is 6.23. The van der Waals surface area contributed by atoms with Crippen LogP contribution in [0.5, 0.6) is 0 Å². The van der Waals surface area contributed by atoms with Crippen molar-refractivity contribution in [3.63, 3.8) is 0 Å². The summed E-state index contributed by atoms with van der Waals surface area (Å²) >= 11 is 7.61. The molecule has 30 heavy (non-hydrogen) atoms. The summed E-state index contributed by atoms with van der Waals surface area (Å²) in [4.78, 5) is 16.2. The van der Waals surface area contributed by atoms with Gasteiger partial charge in [-0.1, -0.05) is 11.6 Å². The van der Waals surface area contributed by atoms with Gasteiger partial charge in [0.25, 0.3) is 0 Å². The molecule has 2 aliphatic rings. The number of nitrogens with zero attached hydrogens (tertiary/aromatic N) is 1. The summed E-state index contributed by atoms with van der Waals surface area (Å²) in [6, 6.07) is 11.7. The van der Waals surface area contributed by atoms with Crippen molar-refractivity contribution < 1.29 is 9.21 Å². The molecule has 4 aromatic rings. The van der Waals surface area contributed by atoms with Crippen LogP contribution in [0.25, 0.3) is 10.9 Å². The molecule has 0 spiro atoms. The van der Waals surface area contributed by atoms with Gasteiger partial charge in [-0.25, -0.2) is 0 Å². The molecule has 1 aromatic carbocycles. The SMILES string of the molecule is O=C1CCCC2=C1C(c1ccc(Sc3cc4cc(Cl)ccc4[nH]3)o1)c1cn[nH]c1N2. The molecule has 150 valence electrons. The average molecular weight is 437 g/mol. The first-order chi connectivity index (χ1) is 14.7. The third-order valence-corrected chi connectivity index (χ3v) is 6.75. The summed E-state index contributed by atoms with van der Waals surface area (Å²) in [7, 11) is 0. The molecule has 0 bridgehead atoms. The molecule has 8 heteroatoms. The van der Waals surface area contributed by atoms with E-state index in [9.17, 15) is 4.79 Å². The molecule has 1 aliphatic heterocycles. The number of rotatable bonds is 3. The van der Waals surface area contributed by atoms with Crippen LogP contribution in [0.4, 0.5) is 5.82 Å². The molecule has 0 amide bonds. The number of benzene rings is 1. The van der Waals surface area contributed by atoms with Crippen LogP contribution >= 0.6 is 23.4 Å². The molecule has 1 atom stereocenters. The highest BCUT2D eigenvalue weighted by atomic mass is 35.5. The van der Waals surface area contributed by atoms with Crippen LogP contribution in [0.1, 0.15) is 36.5 Å². The number of hydrogen-bond donors (Lipinski definition) is 3. The van der Waals surface area contributed by atoms with Gasteiger partial charge in [0.05, 0.1) is 17.1 Å². The number of aromatic amines is 2. The number of furan rings is 1. The lowest BCUT2D eigenvalue weighted by atomic mass is 9.79. The number of ketones is 1.